The smallest absolute Gasteiger partial charge is 0.00546 e. The summed E-state index contributed by atoms with van der Waals surface area (Å²) in [5, 5.41) is 3.02. The summed E-state index contributed by atoms with van der Waals surface area (Å²) in [6.07, 6.45) is 1.23. The molecule has 0 saturated heterocycles. The predicted octanol–water partition coefficient (Wildman–Crippen LogP) is 0.729. The van der Waals surface area contributed by atoms with E-state index in [1.54, 1.807) is 0 Å². The first-order chi connectivity index (χ1) is 2.41. The van der Waals surface area contributed by atoms with Crippen molar-refractivity contribution in [2.45, 2.75) is 13.3 Å². The Morgan fingerprint density at radius 3 is 2.00 bits per heavy atom. The van der Waals surface area contributed by atoms with Crippen LogP contribution in [0.1, 0.15) is 13.3 Å². The van der Waals surface area contributed by atoms with Gasteiger partial charge in [0.1, 0.15) is 0 Å². The third-order valence-electron chi connectivity index (χ3n) is 0.500. The summed E-state index contributed by atoms with van der Waals surface area (Å²) in [6, 6.07) is 0. The van der Waals surface area contributed by atoms with Gasteiger partial charge in [0.05, 0.1) is 0 Å². The van der Waals surface area contributed by atoms with Gasteiger partial charge in [-0.2, -0.15) is 13.5 Å². The summed E-state index contributed by atoms with van der Waals surface area (Å²) < 4.78 is 0. The Balaban J connectivity index is 0. The first-order valence-corrected chi connectivity index (χ1v) is 2.06. The fourth-order valence-electron chi connectivity index (χ4n) is 0.250. The molecule has 0 aliphatic carbocycles. The van der Waals surface area contributed by atoms with Crippen molar-refractivity contribution in [3.8, 4) is 0 Å². The molecule has 0 aliphatic rings. The molecule has 6 heavy (non-hydrogen) atoms. The molecule has 0 rings (SSSR count). The van der Waals surface area contributed by atoms with E-state index in [0.29, 0.717) is 0 Å². The molecule has 0 bridgehead atoms. The van der Waals surface area contributed by atoms with Crippen molar-refractivity contribution < 1.29 is 0 Å². The van der Waals surface area contributed by atoms with Gasteiger partial charge >= 0.3 is 0 Å². The highest BCUT2D eigenvalue weighted by molar-refractivity contribution is 7.59. The van der Waals surface area contributed by atoms with E-state index in [1.165, 1.54) is 6.42 Å². The SMILES string of the molecule is CCCNC.S. The molecule has 1 N–H and O–H groups in total. The topological polar surface area (TPSA) is 12.0 Å². The molecule has 0 radical (unpaired) electrons. The Morgan fingerprint density at radius 1 is 1.50 bits per heavy atom. The van der Waals surface area contributed by atoms with Gasteiger partial charge in [0, 0.05) is 0 Å². The predicted molar refractivity (Wildman–Crippen MR) is 34.6 cm³/mol. The Labute approximate surface area is 46.6 Å². The third-order valence-corrected chi connectivity index (χ3v) is 0.500. The van der Waals surface area contributed by atoms with Crippen molar-refractivity contribution in [2.24, 2.45) is 0 Å². The standard InChI is InChI=1S/C4H11N.H2S/c1-3-4-5-2;/h5H,3-4H2,1-2H3;1H2. The first kappa shape index (κ1) is 9.58. The zero-order valence-corrected chi connectivity index (χ0v) is 5.41. The van der Waals surface area contributed by atoms with E-state index in [0.717, 1.165) is 6.54 Å². The van der Waals surface area contributed by atoms with Crippen molar-refractivity contribution in [1.29, 1.82) is 0 Å². The van der Waals surface area contributed by atoms with Crippen molar-refractivity contribution in [2.75, 3.05) is 13.6 Å². The maximum atomic E-state index is 3.02. The van der Waals surface area contributed by atoms with Crippen LogP contribution in [0.5, 0.6) is 0 Å². The Kier molecular flexibility index (Phi) is 14.4. The summed E-state index contributed by atoms with van der Waals surface area (Å²) >= 11 is 0. The molecule has 1 nitrogen and oxygen atoms in total. The Morgan fingerprint density at radius 2 is 2.00 bits per heavy atom. The molecule has 0 spiro atoms. The van der Waals surface area contributed by atoms with Gasteiger partial charge in [-0.25, -0.2) is 0 Å². The van der Waals surface area contributed by atoms with E-state index in [2.05, 4.69) is 12.2 Å². The van der Waals surface area contributed by atoms with Gasteiger partial charge in [0.25, 0.3) is 0 Å². The molecule has 0 fully saturated rings. The quantitative estimate of drug-likeness (QED) is 0.548. The Bertz CT molecular complexity index is 15.0. The minimum Gasteiger partial charge on any atom is -0.320 e. The highest BCUT2D eigenvalue weighted by atomic mass is 32.1. The van der Waals surface area contributed by atoms with Crippen LogP contribution in [0.25, 0.3) is 0 Å². The number of hydrogen-bond donors (Lipinski definition) is 1. The average Bonchev–Trinajstić information content (AvgIpc) is 1.41. The monoisotopic (exact) mass is 107 g/mol. The van der Waals surface area contributed by atoms with Gasteiger partial charge in [-0.15, -0.1) is 0 Å². The van der Waals surface area contributed by atoms with Gasteiger partial charge in [-0.1, -0.05) is 6.92 Å². The summed E-state index contributed by atoms with van der Waals surface area (Å²) in [6.45, 7) is 3.29. The fraction of sp³-hybridized carbons (Fsp3) is 1.00. The maximum Gasteiger partial charge on any atom is -0.00546 e. The van der Waals surface area contributed by atoms with Crippen LogP contribution in [0.3, 0.4) is 0 Å². The van der Waals surface area contributed by atoms with Crippen LogP contribution in [0.2, 0.25) is 0 Å². The lowest BCUT2D eigenvalue weighted by Crippen LogP contribution is -2.04. The van der Waals surface area contributed by atoms with Crippen LogP contribution >= 0.6 is 13.5 Å². The van der Waals surface area contributed by atoms with Gasteiger partial charge in [0.15, 0.2) is 0 Å². The van der Waals surface area contributed by atoms with Crippen molar-refractivity contribution in [1.82, 2.24) is 5.32 Å². The average molecular weight is 107 g/mol. The lowest BCUT2D eigenvalue weighted by Gasteiger charge is -1.84. The molecule has 0 aliphatic heterocycles. The maximum absolute atomic E-state index is 3.02. The van der Waals surface area contributed by atoms with Crippen LogP contribution in [-0.2, 0) is 0 Å². The van der Waals surface area contributed by atoms with Crippen LogP contribution in [0.4, 0.5) is 0 Å². The highest BCUT2D eigenvalue weighted by Gasteiger charge is 1.64. The summed E-state index contributed by atoms with van der Waals surface area (Å²) in [5.74, 6) is 0. The fourth-order valence-corrected chi connectivity index (χ4v) is 0.250. The molecule has 0 atom stereocenters. The number of nitrogens with one attached hydrogen (secondary N) is 1. The number of rotatable bonds is 2. The van der Waals surface area contributed by atoms with E-state index in [9.17, 15) is 0 Å². The molecule has 0 aromatic heterocycles. The van der Waals surface area contributed by atoms with Gasteiger partial charge in [0.2, 0.25) is 0 Å². The molecular formula is C4H13NS. The normalized spacial score (nSPS) is 7.00. The zero-order valence-electron chi connectivity index (χ0n) is 4.41. The molecule has 0 heterocycles. The molecule has 2 heteroatoms. The lowest BCUT2D eigenvalue weighted by molar-refractivity contribution is 0.772. The second kappa shape index (κ2) is 9.00. The van der Waals surface area contributed by atoms with Crippen molar-refractivity contribution in [3.05, 3.63) is 0 Å². The van der Waals surface area contributed by atoms with E-state index in [1.807, 2.05) is 7.05 Å². The third kappa shape index (κ3) is 8.85. The summed E-state index contributed by atoms with van der Waals surface area (Å²) in [5.41, 5.74) is 0. The molecule has 0 unspecified atom stereocenters. The van der Waals surface area contributed by atoms with E-state index < -0.39 is 0 Å². The second-order valence-corrected chi connectivity index (χ2v) is 1.10. The van der Waals surface area contributed by atoms with Crippen LogP contribution in [0, 0.1) is 0 Å². The summed E-state index contributed by atoms with van der Waals surface area (Å²) in [7, 11) is 1.96. The molecule has 0 aromatic rings. The van der Waals surface area contributed by atoms with Crippen LogP contribution < -0.4 is 5.32 Å². The summed E-state index contributed by atoms with van der Waals surface area (Å²) in [4.78, 5) is 0. The van der Waals surface area contributed by atoms with Crippen molar-refractivity contribution >= 4 is 13.5 Å². The van der Waals surface area contributed by atoms with E-state index in [4.69, 9.17) is 0 Å². The van der Waals surface area contributed by atoms with Crippen molar-refractivity contribution in [3.63, 3.8) is 0 Å². The molecule has 0 saturated carbocycles. The van der Waals surface area contributed by atoms with Gasteiger partial charge in [-0.3, -0.25) is 0 Å². The minimum atomic E-state index is 0. The number of hydrogen-bond acceptors (Lipinski definition) is 1. The lowest BCUT2D eigenvalue weighted by atomic mass is 10.5. The second-order valence-electron chi connectivity index (χ2n) is 1.10. The van der Waals surface area contributed by atoms with Gasteiger partial charge in [-0.05, 0) is 20.0 Å². The van der Waals surface area contributed by atoms with E-state index in [-0.39, 0.29) is 13.5 Å². The van der Waals surface area contributed by atoms with E-state index >= 15 is 0 Å². The molecular weight excluding hydrogens is 94.1 g/mol. The molecule has 0 amide bonds. The van der Waals surface area contributed by atoms with Crippen LogP contribution in [0.15, 0.2) is 0 Å². The first-order valence-electron chi connectivity index (χ1n) is 2.06. The molecule has 0 aromatic carbocycles. The Hall–Kier alpha value is 0.310. The van der Waals surface area contributed by atoms with Crippen LogP contribution in [-0.4, -0.2) is 13.6 Å². The highest BCUT2D eigenvalue weighted by Crippen LogP contribution is 1.62. The van der Waals surface area contributed by atoms with Gasteiger partial charge < -0.3 is 5.32 Å². The largest absolute Gasteiger partial charge is 0.320 e. The molecule has 40 valence electrons. The minimum absolute atomic E-state index is 0. The zero-order chi connectivity index (χ0) is 4.12.